The molecule has 0 aliphatic heterocycles. The Morgan fingerprint density at radius 3 is 2.43 bits per heavy atom. The Morgan fingerprint density at radius 1 is 1.36 bits per heavy atom. The fourth-order valence-electron chi connectivity index (χ4n) is 0.859. The van der Waals surface area contributed by atoms with Crippen molar-refractivity contribution in [3.05, 3.63) is 30.3 Å². The summed E-state index contributed by atoms with van der Waals surface area (Å²) in [6, 6.07) is 7.79. The van der Waals surface area contributed by atoms with Crippen molar-refractivity contribution in [2.75, 3.05) is 7.11 Å². The van der Waals surface area contributed by atoms with Crippen LogP contribution < -0.4 is 5.73 Å². The summed E-state index contributed by atoms with van der Waals surface area (Å²) in [5.74, 6) is 0. The number of hydrogen-bond donors (Lipinski definition) is 1. The maximum Gasteiger partial charge on any atom is 0.260 e. The van der Waals surface area contributed by atoms with E-state index < -0.39 is 15.0 Å². The smallest absolute Gasteiger partial charge is 0.260 e. The lowest BCUT2D eigenvalue weighted by Gasteiger charge is -2.01. The minimum atomic E-state index is -3.70. The molecule has 0 fully saturated rings. The molecule has 0 spiro atoms. The molecule has 0 saturated heterocycles. The van der Waals surface area contributed by atoms with Gasteiger partial charge in [0.05, 0.1) is 4.90 Å². The first-order chi connectivity index (χ1) is 6.59. The topological polar surface area (TPSA) is 81.8 Å². The Morgan fingerprint density at radius 2 is 1.93 bits per heavy atom. The number of sulfone groups is 1. The van der Waals surface area contributed by atoms with Crippen LogP contribution in [0.4, 0.5) is 0 Å². The van der Waals surface area contributed by atoms with E-state index in [1.54, 1.807) is 18.2 Å². The molecule has 0 unspecified atom stereocenters. The highest BCUT2D eigenvalue weighted by Gasteiger charge is 2.19. The van der Waals surface area contributed by atoms with Gasteiger partial charge in [-0.25, -0.2) is 8.42 Å². The van der Waals surface area contributed by atoms with Crippen molar-refractivity contribution in [3.8, 4) is 0 Å². The Balaban J connectivity index is 3.17. The van der Waals surface area contributed by atoms with Gasteiger partial charge in [0.15, 0.2) is 0 Å². The van der Waals surface area contributed by atoms with Gasteiger partial charge in [-0.05, 0) is 12.1 Å². The number of nitrogens with two attached hydrogens (primary N) is 1. The second-order valence-electron chi connectivity index (χ2n) is 2.43. The number of nitrogens with zero attached hydrogens (tertiary/aromatic N) is 1. The van der Waals surface area contributed by atoms with Crippen LogP contribution in [-0.2, 0) is 14.7 Å². The minimum Gasteiger partial charge on any atom is -0.397 e. The summed E-state index contributed by atoms with van der Waals surface area (Å²) in [4.78, 5) is 4.39. The average molecular weight is 214 g/mol. The van der Waals surface area contributed by atoms with Gasteiger partial charge in [-0.2, -0.15) is 0 Å². The Hall–Kier alpha value is -1.56. The van der Waals surface area contributed by atoms with Crippen molar-refractivity contribution in [3.63, 3.8) is 0 Å². The van der Waals surface area contributed by atoms with Gasteiger partial charge in [-0.15, -0.1) is 0 Å². The molecule has 1 rings (SSSR count). The van der Waals surface area contributed by atoms with Crippen molar-refractivity contribution >= 4 is 15.0 Å². The van der Waals surface area contributed by atoms with Crippen LogP contribution in [0.3, 0.4) is 0 Å². The predicted octanol–water partition coefficient (Wildman–Crippen LogP) is 0.336. The third-order valence-corrected chi connectivity index (χ3v) is 3.03. The molecular formula is C8H10N2O3S. The predicted molar refractivity (Wildman–Crippen MR) is 52.3 cm³/mol. The van der Waals surface area contributed by atoms with Crippen LogP contribution in [-0.4, -0.2) is 20.7 Å². The van der Waals surface area contributed by atoms with Crippen molar-refractivity contribution in [1.82, 2.24) is 0 Å². The SMILES string of the molecule is CON=C(N)S(=O)(=O)c1ccccc1. The first-order valence-electron chi connectivity index (χ1n) is 3.76. The molecule has 0 heterocycles. The number of rotatable bonds is 2. The van der Waals surface area contributed by atoms with Gasteiger partial charge in [0.2, 0.25) is 9.84 Å². The monoisotopic (exact) mass is 214 g/mol. The molecule has 0 atom stereocenters. The number of hydrogen-bond acceptors (Lipinski definition) is 4. The van der Waals surface area contributed by atoms with Gasteiger partial charge in [-0.1, -0.05) is 23.4 Å². The van der Waals surface area contributed by atoms with E-state index >= 15 is 0 Å². The molecule has 0 aliphatic rings. The summed E-state index contributed by atoms with van der Waals surface area (Å²) >= 11 is 0. The first kappa shape index (κ1) is 10.5. The second kappa shape index (κ2) is 4.10. The van der Waals surface area contributed by atoms with E-state index in [-0.39, 0.29) is 4.90 Å². The summed E-state index contributed by atoms with van der Waals surface area (Å²) < 4.78 is 23.2. The molecule has 0 bridgehead atoms. The molecule has 2 N–H and O–H groups in total. The lowest BCUT2D eigenvalue weighted by molar-refractivity contribution is 0.214. The highest BCUT2D eigenvalue weighted by molar-refractivity contribution is 8.06. The zero-order chi connectivity index (χ0) is 10.6. The van der Waals surface area contributed by atoms with Crippen molar-refractivity contribution < 1.29 is 13.3 Å². The van der Waals surface area contributed by atoms with Gasteiger partial charge in [0.1, 0.15) is 7.11 Å². The Kier molecular flexibility index (Phi) is 3.08. The fourth-order valence-corrected chi connectivity index (χ4v) is 1.79. The standard InChI is InChI=1S/C8H10N2O3S/c1-13-10-8(9)14(11,12)7-5-3-2-4-6-7/h2-6H,1H3,(H2,9,10). The highest BCUT2D eigenvalue weighted by Crippen LogP contribution is 2.09. The minimum absolute atomic E-state index is 0.0956. The molecule has 0 aromatic heterocycles. The van der Waals surface area contributed by atoms with Gasteiger partial charge < -0.3 is 10.6 Å². The molecule has 14 heavy (non-hydrogen) atoms. The normalized spacial score (nSPS) is 12.5. The van der Waals surface area contributed by atoms with Crippen LogP contribution in [0.5, 0.6) is 0 Å². The van der Waals surface area contributed by atoms with Crippen LogP contribution in [0.25, 0.3) is 0 Å². The molecule has 0 saturated carbocycles. The Bertz CT molecular complexity index is 425. The molecular weight excluding hydrogens is 204 g/mol. The van der Waals surface area contributed by atoms with Gasteiger partial charge >= 0.3 is 0 Å². The van der Waals surface area contributed by atoms with E-state index in [0.29, 0.717) is 0 Å². The lowest BCUT2D eigenvalue weighted by Crippen LogP contribution is -2.24. The van der Waals surface area contributed by atoms with Crippen LogP contribution >= 0.6 is 0 Å². The fraction of sp³-hybridized carbons (Fsp3) is 0.125. The van der Waals surface area contributed by atoms with Crippen LogP contribution in [0, 0.1) is 0 Å². The molecule has 0 amide bonds. The molecule has 0 aliphatic carbocycles. The average Bonchev–Trinajstić information content (AvgIpc) is 2.19. The molecule has 76 valence electrons. The van der Waals surface area contributed by atoms with Crippen molar-refractivity contribution in [2.45, 2.75) is 4.90 Å². The van der Waals surface area contributed by atoms with Gasteiger partial charge in [0, 0.05) is 0 Å². The summed E-state index contributed by atoms with van der Waals surface area (Å²) in [5, 5.41) is 2.63. The summed E-state index contributed by atoms with van der Waals surface area (Å²) in [6.07, 6.45) is 0. The first-order valence-corrected chi connectivity index (χ1v) is 5.24. The zero-order valence-corrected chi connectivity index (χ0v) is 8.36. The molecule has 5 nitrogen and oxygen atoms in total. The molecule has 0 radical (unpaired) electrons. The summed E-state index contributed by atoms with van der Waals surface area (Å²) in [5.41, 5.74) is 5.23. The summed E-state index contributed by atoms with van der Waals surface area (Å²) in [6.45, 7) is 0. The van der Waals surface area contributed by atoms with Gasteiger partial charge in [0.25, 0.3) is 5.17 Å². The quantitative estimate of drug-likeness (QED) is 0.437. The van der Waals surface area contributed by atoms with E-state index in [1.165, 1.54) is 19.2 Å². The maximum atomic E-state index is 11.6. The van der Waals surface area contributed by atoms with E-state index in [2.05, 4.69) is 9.99 Å². The van der Waals surface area contributed by atoms with E-state index in [4.69, 9.17) is 5.73 Å². The highest BCUT2D eigenvalue weighted by atomic mass is 32.2. The van der Waals surface area contributed by atoms with Gasteiger partial charge in [-0.3, -0.25) is 0 Å². The van der Waals surface area contributed by atoms with E-state index in [0.717, 1.165) is 0 Å². The van der Waals surface area contributed by atoms with Crippen molar-refractivity contribution in [1.29, 1.82) is 0 Å². The number of benzene rings is 1. The van der Waals surface area contributed by atoms with Crippen molar-refractivity contribution in [2.24, 2.45) is 10.9 Å². The van der Waals surface area contributed by atoms with Crippen LogP contribution in [0.15, 0.2) is 40.4 Å². The van der Waals surface area contributed by atoms with E-state index in [9.17, 15) is 8.42 Å². The molecule has 1 aromatic carbocycles. The van der Waals surface area contributed by atoms with E-state index in [1.807, 2.05) is 0 Å². The largest absolute Gasteiger partial charge is 0.397 e. The lowest BCUT2D eigenvalue weighted by atomic mass is 10.4. The van der Waals surface area contributed by atoms with Crippen LogP contribution in [0.2, 0.25) is 0 Å². The third-order valence-electron chi connectivity index (χ3n) is 1.51. The zero-order valence-electron chi connectivity index (χ0n) is 7.54. The van der Waals surface area contributed by atoms with Crippen LogP contribution in [0.1, 0.15) is 0 Å². The second-order valence-corrected chi connectivity index (χ2v) is 4.33. The Labute approximate surface area is 82.1 Å². The maximum absolute atomic E-state index is 11.6. The summed E-state index contributed by atoms with van der Waals surface area (Å²) in [7, 11) is -2.47. The number of amidine groups is 1. The molecule has 1 aromatic rings. The number of oxime groups is 1. The molecule has 6 heteroatoms. The third kappa shape index (κ3) is 2.02.